The molecule has 1 aromatic carbocycles. The van der Waals surface area contributed by atoms with E-state index in [4.69, 9.17) is 0 Å². The fourth-order valence-corrected chi connectivity index (χ4v) is 5.13. The Balaban J connectivity index is 1.76. The lowest BCUT2D eigenvalue weighted by Crippen LogP contribution is -2.27. The molecule has 23 heavy (non-hydrogen) atoms. The molecule has 2 heterocycles. The van der Waals surface area contributed by atoms with Crippen LogP contribution in [0.15, 0.2) is 28.7 Å². The average Bonchev–Trinajstić information content (AvgIpc) is 3.01. The first-order chi connectivity index (χ1) is 10.9. The lowest BCUT2D eigenvalue weighted by Gasteiger charge is -2.13. The maximum absolute atomic E-state index is 12.6. The Kier molecular flexibility index (Phi) is 4.22. The van der Waals surface area contributed by atoms with Crippen molar-refractivity contribution in [2.24, 2.45) is 0 Å². The van der Waals surface area contributed by atoms with E-state index in [2.05, 4.69) is 14.8 Å². The standard InChI is InChI=1S/C15H18N4O2S2/c1-10-6-11(2)14(12(3)7-10)23(20,21)18-5-4-13-8-22-15-16-9-17-19(13)15/h6-9,18H,4-5H2,1-3H3. The third-order valence-corrected chi connectivity index (χ3v) is 6.28. The van der Waals surface area contributed by atoms with Crippen molar-refractivity contribution in [2.75, 3.05) is 6.54 Å². The summed E-state index contributed by atoms with van der Waals surface area (Å²) in [7, 11) is -3.52. The summed E-state index contributed by atoms with van der Waals surface area (Å²) in [5.41, 5.74) is 3.54. The van der Waals surface area contributed by atoms with E-state index < -0.39 is 10.0 Å². The van der Waals surface area contributed by atoms with E-state index in [-0.39, 0.29) is 0 Å². The zero-order valence-electron chi connectivity index (χ0n) is 13.2. The van der Waals surface area contributed by atoms with E-state index in [1.54, 1.807) is 4.52 Å². The fraction of sp³-hybridized carbons (Fsp3) is 0.333. The van der Waals surface area contributed by atoms with Crippen LogP contribution in [-0.2, 0) is 16.4 Å². The highest BCUT2D eigenvalue weighted by molar-refractivity contribution is 7.89. The molecule has 0 unspecified atom stereocenters. The Morgan fingerprint density at radius 2 is 1.91 bits per heavy atom. The van der Waals surface area contributed by atoms with Gasteiger partial charge in [-0.25, -0.2) is 22.6 Å². The molecule has 3 aromatic rings. The smallest absolute Gasteiger partial charge is 0.211 e. The van der Waals surface area contributed by atoms with Gasteiger partial charge < -0.3 is 0 Å². The molecule has 0 atom stereocenters. The molecule has 0 radical (unpaired) electrons. The van der Waals surface area contributed by atoms with Crippen molar-refractivity contribution in [3.8, 4) is 0 Å². The summed E-state index contributed by atoms with van der Waals surface area (Å²) in [5.74, 6) is 0. The van der Waals surface area contributed by atoms with Gasteiger partial charge in [0.25, 0.3) is 0 Å². The SMILES string of the molecule is Cc1cc(C)c(S(=O)(=O)NCCc2csc3ncnn23)c(C)c1. The number of benzene rings is 1. The fourth-order valence-electron chi connectivity index (χ4n) is 2.82. The summed E-state index contributed by atoms with van der Waals surface area (Å²) in [4.78, 5) is 5.29. The largest absolute Gasteiger partial charge is 0.241 e. The van der Waals surface area contributed by atoms with Crippen LogP contribution < -0.4 is 4.72 Å². The first-order valence-corrected chi connectivity index (χ1v) is 9.58. The highest BCUT2D eigenvalue weighted by Gasteiger charge is 2.19. The summed E-state index contributed by atoms with van der Waals surface area (Å²) in [6.07, 6.45) is 2.06. The third kappa shape index (κ3) is 3.15. The van der Waals surface area contributed by atoms with E-state index in [9.17, 15) is 8.42 Å². The highest BCUT2D eigenvalue weighted by Crippen LogP contribution is 2.21. The summed E-state index contributed by atoms with van der Waals surface area (Å²) in [6.45, 7) is 5.93. The molecule has 0 saturated heterocycles. The molecule has 122 valence electrons. The molecule has 8 heteroatoms. The second-order valence-electron chi connectivity index (χ2n) is 5.56. The normalized spacial score (nSPS) is 12.1. The summed E-state index contributed by atoms with van der Waals surface area (Å²) < 4.78 is 29.6. The van der Waals surface area contributed by atoms with Gasteiger partial charge in [0.05, 0.1) is 10.6 Å². The van der Waals surface area contributed by atoms with Gasteiger partial charge in [-0.3, -0.25) is 0 Å². The molecule has 0 spiro atoms. The zero-order chi connectivity index (χ0) is 16.6. The van der Waals surface area contributed by atoms with E-state index in [0.717, 1.165) is 27.3 Å². The van der Waals surface area contributed by atoms with Gasteiger partial charge in [-0.05, 0) is 31.9 Å². The first-order valence-electron chi connectivity index (χ1n) is 7.22. The van der Waals surface area contributed by atoms with Crippen molar-refractivity contribution < 1.29 is 8.42 Å². The number of hydrogen-bond donors (Lipinski definition) is 1. The minimum atomic E-state index is -3.52. The van der Waals surface area contributed by atoms with Gasteiger partial charge in [-0.15, -0.1) is 11.3 Å². The zero-order valence-corrected chi connectivity index (χ0v) is 14.8. The first kappa shape index (κ1) is 16.1. The van der Waals surface area contributed by atoms with Crippen molar-refractivity contribution in [3.05, 3.63) is 46.2 Å². The van der Waals surface area contributed by atoms with Crippen molar-refractivity contribution in [1.29, 1.82) is 0 Å². The number of nitrogens with zero attached hydrogens (tertiary/aromatic N) is 3. The predicted octanol–water partition coefficient (Wildman–Crippen LogP) is 2.24. The molecular formula is C15H18N4O2S2. The van der Waals surface area contributed by atoms with E-state index in [1.165, 1.54) is 17.7 Å². The van der Waals surface area contributed by atoms with Crippen LogP contribution in [0.3, 0.4) is 0 Å². The molecule has 2 aromatic heterocycles. The molecule has 0 amide bonds. The highest BCUT2D eigenvalue weighted by atomic mass is 32.2. The van der Waals surface area contributed by atoms with Crippen LogP contribution in [0, 0.1) is 20.8 Å². The average molecular weight is 350 g/mol. The van der Waals surface area contributed by atoms with Crippen LogP contribution in [0.4, 0.5) is 0 Å². The summed E-state index contributed by atoms with van der Waals surface area (Å²) in [5, 5.41) is 6.08. The Morgan fingerprint density at radius 3 is 2.61 bits per heavy atom. The minimum Gasteiger partial charge on any atom is -0.211 e. The lowest BCUT2D eigenvalue weighted by atomic mass is 10.1. The Bertz CT molecular complexity index is 934. The Labute approximate surface area is 139 Å². The number of thiazole rings is 1. The number of nitrogens with one attached hydrogen (secondary N) is 1. The van der Waals surface area contributed by atoms with Crippen LogP contribution in [0.2, 0.25) is 0 Å². The van der Waals surface area contributed by atoms with Gasteiger partial charge in [0.1, 0.15) is 6.33 Å². The second-order valence-corrected chi connectivity index (χ2v) is 8.10. The molecule has 0 aliphatic rings. The Hall–Kier alpha value is -1.77. The van der Waals surface area contributed by atoms with Crippen molar-refractivity contribution in [2.45, 2.75) is 32.1 Å². The molecule has 0 aliphatic heterocycles. The summed E-state index contributed by atoms with van der Waals surface area (Å²) in [6, 6.07) is 3.78. The number of rotatable bonds is 5. The molecule has 0 saturated carbocycles. The number of hydrogen-bond acceptors (Lipinski definition) is 5. The molecular weight excluding hydrogens is 332 g/mol. The molecule has 3 rings (SSSR count). The van der Waals surface area contributed by atoms with Crippen LogP contribution in [0.25, 0.3) is 4.96 Å². The number of aryl methyl sites for hydroxylation is 3. The van der Waals surface area contributed by atoms with Gasteiger partial charge in [-0.1, -0.05) is 17.7 Å². The van der Waals surface area contributed by atoms with Gasteiger partial charge in [0.15, 0.2) is 0 Å². The maximum atomic E-state index is 12.6. The third-order valence-electron chi connectivity index (χ3n) is 3.64. The van der Waals surface area contributed by atoms with E-state index in [0.29, 0.717) is 17.9 Å². The number of sulfonamides is 1. The van der Waals surface area contributed by atoms with Crippen molar-refractivity contribution >= 4 is 26.3 Å². The van der Waals surface area contributed by atoms with Gasteiger partial charge >= 0.3 is 0 Å². The van der Waals surface area contributed by atoms with Gasteiger partial charge in [-0.2, -0.15) is 5.10 Å². The van der Waals surface area contributed by atoms with Crippen LogP contribution in [0.1, 0.15) is 22.4 Å². The van der Waals surface area contributed by atoms with Gasteiger partial charge in [0, 0.05) is 18.3 Å². The molecule has 1 N–H and O–H groups in total. The topological polar surface area (TPSA) is 76.4 Å². The van der Waals surface area contributed by atoms with Crippen molar-refractivity contribution in [1.82, 2.24) is 19.3 Å². The van der Waals surface area contributed by atoms with Crippen LogP contribution >= 0.6 is 11.3 Å². The maximum Gasteiger partial charge on any atom is 0.241 e. The molecule has 0 fully saturated rings. The minimum absolute atomic E-state index is 0.320. The number of fused-ring (bicyclic) bond motifs is 1. The molecule has 0 bridgehead atoms. The number of aromatic nitrogens is 3. The quantitative estimate of drug-likeness (QED) is 0.766. The predicted molar refractivity (Wildman–Crippen MR) is 90.4 cm³/mol. The van der Waals surface area contributed by atoms with Crippen LogP contribution in [-0.4, -0.2) is 29.6 Å². The van der Waals surface area contributed by atoms with E-state index in [1.807, 2.05) is 38.3 Å². The monoisotopic (exact) mass is 350 g/mol. The molecule has 6 nitrogen and oxygen atoms in total. The summed E-state index contributed by atoms with van der Waals surface area (Å²) >= 11 is 1.49. The molecule has 0 aliphatic carbocycles. The van der Waals surface area contributed by atoms with Crippen LogP contribution in [0.5, 0.6) is 0 Å². The lowest BCUT2D eigenvalue weighted by molar-refractivity contribution is 0.579. The second kappa shape index (κ2) is 6.03. The van der Waals surface area contributed by atoms with Crippen molar-refractivity contribution in [3.63, 3.8) is 0 Å². The van der Waals surface area contributed by atoms with E-state index >= 15 is 0 Å². The van der Waals surface area contributed by atoms with Gasteiger partial charge in [0.2, 0.25) is 15.0 Å². The Morgan fingerprint density at radius 1 is 1.22 bits per heavy atom.